The van der Waals surface area contributed by atoms with Crippen LogP contribution in [0.4, 0.5) is 0 Å². The summed E-state index contributed by atoms with van der Waals surface area (Å²) < 4.78 is 4.99. The van der Waals surface area contributed by atoms with Gasteiger partial charge in [-0.15, -0.1) is 12.6 Å². The third-order valence-corrected chi connectivity index (χ3v) is 1.91. The summed E-state index contributed by atoms with van der Waals surface area (Å²) in [5.41, 5.74) is 0. The highest BCUT2D eigenvalue weighted by atomic mass is 32.1. The number of hydrogen-bond acceptors (Lipinski definition) is 3. The molecule has 3 nitrogen and oxygen atoms in total. The summed E-state index contributed by atoms with van der Waals surface area (Å²) in [4.78, 5) is 10.4. The monoisotopic (exact) mass is 190 g/mol. The van der Waals surface area contributed by atoms with Gasteiger partial charge in [0.05, 0.1) is 11.0 Å². The molecule has 0 aromatic heterocycles. The zero-order valence-corrected chi connectivity index (χ0v) is 8.17. The van der Waals surface area contributed by atoms with Gasteiger partial charge in [-0.25, -0.2) is 4.79 Å². The van der Waals surface area contributed by atoms with Gasteiger partial charge in [0.1, 0.15) is 0 Å². The van der Waals surface area contributed by atoms with Crippen LogP contribution in [0.25, 0.3) is 0 Å². The molecule has 1 atom stereocenters. The fourth-order valence-corrected chi connectivity index (χ4v) is 0.789. The predicted octanol–water partition coefficient (Wildman–Crippen LogP) is 1.70. The van der Waals surface area contributed by atoms with Crippen LogP contribution in [0, 0.1) is 0 Å². The van der Waals surface area contributed by atoms with Crippen molar-refractivity contribution in [1.29, 1.82) is 0 Å². The molecule has 0 aliphatic rings. The predicted molar refractivity (Wildman–Crippen MR) is 50.4 cm³/mol. The number of carboxylic acid groups (broad SMARTS) is 1. The number of carboxylic acids is 1. The fourth-order valence-electron chi connectivity index (χ4n) is 0.660. The molecule has 12 heavy (non-hydrogen) atoms. The summed E-state index contributed by atoms with van der Waals surface area (Å²) in [6.07, 6.45) is 3.24. The smallest absolute Gasteiger partial charge is 0.341 e. The Labute approximate surface area is 77.8 Å². The van der Waals surface area contributed by atoms with Crippen LogP contribution in [0.2, 0.25) is 0 Å². The van der Waals surface area contributed by atoms with E-state index in [9.17, 15) is 4.79 Å². The van der Waals surface area contributed by atoms with Gasteiger partial charge in [0.15, 0.2) is 0 Å². The molecule has 0 fully saturated rings. The number of allylic oxidation sites excluding steroid dienone is 1. The summed E-state index contributed by atoms with van der Waals surface area (Å²) in [7, 11) is 1.63. The Morgan fingerprint density at radius 2 is 2.33 bits per heavy atom. The maximum Gasteiger partial charge on any atom is 0.341 e. The van der Waals surface area contributed by atoms with Crippen LogP contribution in [0.1, 0.15) is 19.8 Å². The highest BCUT2D eigenvalue weighted by Crippen LogP contribution is 2.06. The fraction of sp³-hybridized carbons (Fsp3) is 0.625. The van der Waals surface area contributed by atoms with Gasteiger partial charge in [0.25, 0.3) is 0 Å². The highest BCUT2D eigenvalue weighted by molar-refractivity contribution is 7.85. The van der Waals surface area contributed by atoms with Crippen molar-refractivity contribution in [2.45, 2.75) is 25.9 Å². The van der Waals surface area contributed by atoms with E-state index >= 15 is 0 Å². The first-order valence-corrected chi connectivity index (χ1v) is 4.18. The molecule has 0 bridgehead atoms. The van der Waals surface area contributed by atoms with E-state index in [4.69, 9.17) is 9.84 Å². The number of hydrogen-bond donors (Lipinski definition) is 2. The lowest BCUT2D eigenvalue weighted by molar-refractivity contribution is -0.131. The summed E-state index contributed by atoms with van der Waals surface area (Å²) in [5.74, 6) is -0.983. The largest absolute Gasteiger partial charge is 0.477 e. The second-order valence-electron chi connectivity index (χ2n) is 2.52. The standard InChI is InChI=1S/C8H14O3S/c1-6(11-2)4-3-5-7(12)8(9)10/h5-6,12H,3-4H2,1-2H3,(H,9,10). The normalized spacial score (nSPS) is 14.4. The van der Waals surface area contributed by atoms with E-state index in [0.29, 0.717) is 6.42 Å². The topological polar surface area (TPSA) is 46.5 Å². The quantitative estimate of drug-likeness (QED) is 0.512. The molecule has 0 aromatic carbocycles. The highest BCUT2D eigenvalue weighted by Gasteiger charge is 2.01. The van der Waals surface area contributed by atoms with Gasteiger partial charge in [-0.3, -0.25) is 0 Å². The second kappa shape index (κ2) is 6.08. The van der Waals surface area contributed by atoms with Gasteiger partial charge in [0.2, 0.25) is 0 Å². The average molecular weight is 190 g/mol. The number of ether oxygens (including phenoxy) is 1. The van der Waals surface area contributed by atoms with Crippen LogP contribution in [-0.4, -0.2) is 24.3 Å². The number of rotatable bonds is 5. The first kappa shape index (κ1) is 11.5. The zero-order valence-electron chi connectivity index (χ0n) is 7.28. The van der Waals surface area contributed by atoms with Crippen molar-refractivity contribution in [3.8, 4) is 0 Å². The summed E-state index contributed by atoms with van der Waals surface area (Å²) in [6, 6.07) is 0. The van der Waals surface area contributed by atoms with Crippen molar-refractivity contribution in [3.63, 3.8) is 0 Å². The Morgan fingerprint density at radius 3 is 2.75 bits per heavy atom. The van der Waals surface area contributed by atoms with Crippen LogP contribution in [0.15, 0.2) is 11.0 Å². The van der Waals surface area contributed by atoms with Crippen molar-refractivity contribution in [1.82, 2.24) is 0 Å². The second-order valence-corrected chi connectivity index (χ2v) is 3.00. The van der Waals surface area contributed by atoms with E-state index in [-0.39, 0.29) is 11.0 Å². The van der Waals surface area contributed by atoms with E-state index in [2.05, 4.69) is 12.6 Å². The molecule has 0 spiro atoms. The molecule has 0 aliphatic carbocycles. The van der Waals surface area contributed by atoms with Gasteiger partial charge >= 0.3 is 5.97 Å². The Balaban J connectivity index is 3.67. The van der Waals surface area contributed by atoms with Crippen LogP contribution >= 0.6 is 12.6 Å². The molecule has 0 rings (SSSR count). The van der Waals surface area contributed by atoms with Crippen molar-refractivity contribution in [2.24, 2.45) is 0 Å². The lowest BCUT2D eigenvalue weighted by Crippen LogP contribution is -2.03. The third kappa shape index (κ3) is 5.21. The Bertz CT molecular complexity index is 177. The Kier molecular flexibility index (Phi) is 5.84. The van der Waals surface area contributed by atoms with E-state index in [1.54, 1.807) is 13.2 Å². The molecule has 0 saturated carbocycles. The summed E-state index contributed by atoms with van der Waals surface area (Å²) >= 11 is 3.78. The minimum Gasteiger partial charge on any atom is -0.477 e. The third-order valence-electron chi connectivity index (χ3n) is 1.53. The molecule has 0 heterocycles. The number of carbonyl (C=O) groups is 1. The maximum atomic E-state index is 10.3. The lowest BCUT2D eigenvalue weighted by atomic mass is 10.2. The Hall–Kier alpha value is -0.480. The number of aliphatic carboxylic acids is 1. The summed E-state index contributed by atoms with van der Waals surface area (Å²) in [6.45, 7) is 1.94. The van der Waals surface area contributed by atoms with Crippen LogP contribution < -0.4 is 0 Å². The molecule has 70 valence electrons. The molecule has 0 aliphatic heterocycles. The SMILES string of the molecule is COC(C)CCC=C(S)C(=O)O. The molecule has 0 aromatic rings. The molecule has 4 heteroatoms. The molecular formula is C8H14O3S. The van der Waals surface area contributed by atoms with Crippen LogP contribution in [-0.2, 0) is 9.53 Å². The average Bonchev–Trinajstić information content (AvgIpc) is 2.03. The van der Waals surface area contributed by atoms with Crippen LogP contribution in [0.5, 0.6) is 0 Å². The van der Waals surface area contributed by atoms with Crippen molar-refractivity contribution in [2.75, 3.05) is 7.11 Å². The van der Waals surface area contributed by atoms with E-state index in [0.717, 1.165) is 6.42 Å². The molecule has 1 N–H and O–H groups in total. The molecule has 0 radical (unpaired) electrons. The van der Waals surface area contributed by atoms with Gasteiger partial charge in [-0.2, -0.15) is 0 Å². The van der Waals surface area contributed by atoms with Crippen LogP contribution in [0.3, 0.4) is 0 Å². The van der Waals surface area contributed by atoms with Gasteiger partial charge in [0, 0.05) is 7.11 Å². The lowest BCUT2D eigenvalue weighted by Gasteiger charge is -2.05. The maximum absolute atomic E-state index is 10.3. The molecule has 0 saturated heterocycles. The minimum absolute atomic E-state index is 0.0957. The zero-order chi connectivity index (χ0) is 9.56. The number of methoxy groups -OCH3 is 1. The van der Waals surface area contributed by atoms with Gasteiger partial charge < -0.3 is 9.84 Å². The van der Waals surface area contributed by atoms with Crippen molar-refractivity contribution < 1.29 is 14.6 Å². The first-order chi connectivity index (χ1) is 5.57. The van der Waals surface area contributed by atoms with Crippen molar-refractivity contribution >= 4 is 18.6 Å². The van der Waals surface area contributed by atoms with Gasteiger partial charge in [-0.05, 0) is 19.8 Å². The van der Waals surface area contributed by atoms with E-state index in [1.807, 2.05) is 6.92 Å². The summed E-state index contributed by atoms with van der Waals surface area (Å²) in [5, 5.41) is 8.43. The Morgan fingerprint density at radius 1 is 1.75 bits per heavy atom. The molecular weight excluding hydrogens is 176 g/mol. The first-order valence-electron chi connectivity index (χ1n) is 3.73. The minimum atomic E-state index is -0.983. The van der Waals surface area contributed by atoms with Crippen molar-refractivity contribution in [3.05, 3.63) is 11.0 Å². The van der Waals surface area contributed by atoms with E-state index in [1.165, 1.54) is 0 Å². The molecule has 0 amide bonds. The van der Waals surface area contributed by atoms with Gasteiger partial charge in [-0.1, -0.05) is 6.08 Å². The van der Waals surface area contributed by atoms with E-state index < -0.39 is 5.97 Å². The molecule has 1 unspecified atom stereocenters. The number of thiol groups is 1.